The van der Waals surface area contributed by atoms with Crippen molar-refractivity contribution in [3.63, 3.8) is 0 Å². The van der Waals surface area contributed by atoms with Crippen LogP contribution in [0.3, 0.4) is 0 Å². The molecular formula is C29H25N4O6-. The van der Waals surface area contributed by atoms with E-state index in [9.17, 15) is 14.7 Å². The molecule has 10 heteroatoms. The van der Waals surface area contributed by atoms with Gasteiger partial charge in [-0.2, -0.15) is 5.16 Å². The first-order valence-electron chi connectivity index (χ1n) is 13.1. The Hall–Kier alpha value is -4.47. The molecule has 39 heavy (non-hydrogen) atoms. The summed E-state index contributed by atoms with van der Waals surface area (Å²) in [5.41, 5.74) is 1.88. The Morgan fingerprint density at radius 3 is 2.67 bits per heavy atom. The van der Waals surface area contributed by atoms with E-state index in [2.05, 4.69) is 19.6 Å². The number of nitrogens with zero attached hydrogens (tertiary/aromatic N) is 4. The minimum absolute atomic E-state index is 0.0527. The van der Waals surface area contributed by atoms with Crippen molar-refractivity contribution in [2.24, 2.45) is 0 Å². The zero-order valence-corrected chi connectivity index (χ0v) is 21.3. The maximum absolute atomic E-state index is 13.6. The van der Waals surface area contributed by atoms with Gasteiger partial charge in [0.15, 0.2) is 17.7 Å². The molecule has 10 nitrogen and oxygen atoms in total. The van der Waals surface area contributed by atoms with Crippen molar-refractivity contribution in [1.82, 2.24) is 20.0 Å². The number of hydrogen-bond donors (Lipinski definition) is 0. The van der Waals surface area contributed by atoms with Gasteiger partial charge < -0.3 is 24.0 Å². The summed E-state index contributed by atoms with van der Waals surface area (Å²) >= 11 is 0. The third kappa shape index (κ3) is 4.07. The molecule has 0 radical (unpaired) electrons. The van der Waals surface area contributed by atoms with Gasteiger partial charge in [0.05, 0.1) is 24.8 Å². The highest BCUT2D eigenvalue weighted by atomic mass is 16.6. The molecule has 1 aliphatic carbocycles. The van der Waals surface area contributed by atoms with Crippen molar-refractivity contribution in [3.05, 3.63) is 59.4 Å². The molecule has 2 fully saturated rings. The Morgan fingerprint density at radius 2 is 1.95 bits per heavy atom. The molecule has 0 bridgehead atoms. The number of carbonyl (C=O) groups excluding carboxylic acids is 2. The third-order valence-corrected chi connectivity index (χ3v) is 8.02. The molecule has 7 rings (SSSR count). The lowest BCUT2D eigenvalue weighted by Gasteiger charge is -2.44. The predicted octanol–water partition coefficient (Wildman–Crippen LogP) is 3.88. The molecular weight excluding hydrogens is 500 g/mol. The number of Topliss-reactive ketones (excluding diaryl/α,β-unsaturated/α-hetero) is 1. The van der Waals surface area contributed by atoms with Gasteiger partial charge in [-0.25, -0.2) is 4.98 Å². The van der Waals surface area contributed by atoms with E-state index in [1.807, 2.05) is 23.2 Å². The minimum Gasteiger partial charge on any atom is -0.528 e. The number of rotatable bonds is 4. The van der Waals surface area contributed by atoms with Gasteiger partial charge in [-0.05, 0) is 49.2 Å². The lowest BCUT2D eigenvalue weighted by Crippen LogP contribution is -2.52. The summed E-state index contributed by atoms with van der Waals surface area (Å²) in [7, 11) is 1.62. The lowest BCUT2D eigenvalue weighted by atomic mass is 9.82. The lowest BCUT2D eigenvalue weighted by molar-refractivity contribution is -0.303. The van der Waals surface area contributed by atoms with E-state index < -0.39 is 11.7 Å². The normalized spacial score (nSPS) is 18.2. The number of methoxy groups -OCH3 is 1. The fourth-order valence-electron chi connectivity index (χ4n) is 5.79. The average molecular weight is 526 g/mol. The zero-order valence-electron chi connectivity index (χ0n) is 21.3. The van der Waals surface area contributed by atoms with Gasteiger partial charge in [0.1, 0.15) is 17.1 Å². The number of pyridine rings is 1. The van der Waals surface area contributed by atoms with Crippen molar-refractivity contribution in [3.8, 4) is 29.0 Å². The molecule has 1 saturated heterocycles. The van der Waals surface area contributed by atoms with Gasteiger partial charge in [-0.1, -0.05) is 0 Å². The number of aromatic nitrogens is 3. The number of piperidine rings is 1. The summed E-state index contributed by atoms with van der Waals surface area (Å²) in [6, 6.07) is 10.7. The van der Waals surface area contributed by atoms with Crippen LogP contribution < -0.4 is 14.6 Å². The second kappa shape index (κ2) is 8.79. The number of benzene rings is 2. The molecule has 2 aromatic carbocycles. The van der Waals surface area contributed by atoms with E-state index in [0.29, 0.717) is 60.0 Å². The van der Waals surface area contributed by atoms with Crippen LogP contribution in [0.5, 0.6) is 17.6 Å². The van der Waals surface area contributed by atoms with Crippen LogP contribution in [0, 0.1) is 0 Å². The molecule has 1 saturated carbocycles. The van der Waals surface area contributed by atoms with Crippen molar-refractivity contribution in [2.45, 2.75) is 43.6 Å². The highest BCUT2D eigenvalue weighted by Gasteiger charge is 2.44. The van der Waals surface area contributed by atoms with Crippen molar-refractivity contribution >= 4 is 22.5 Å². The number of fused-ring (bicyclic) bond motifs is 2. The van der Waals surface area contributed by atoms with Crippen molar-refractivity contribution in [1.29, 1.82) is 0 Å². The van der Waals surface area contributed by atoms with Crippen molar-refractivity contribution in [2.75, 3.05) is 20.2 Å². The van der Waals surface area contributed by atoms with E-state index in [4.69, 9.17) is 9.47 Å². The van der Waals surface area contributed by atoms with Crippen LogP contribution in [-0.2, 0) is 0 Å². The first kappa shape index (κ1) is 23.6. The van der Waals surface area contributed by atoms with E-state index in [1.165, 1.54) is 0 Å². The van der Waals surface area contributed by atoms with Crippen LogP contribution in [0.2, 0.25) is 0 Å². The van der Waals surface area contributed by atoms with Crippen LogP contribution in [0.4, 0.5) is 0 Å². The molecule has 0 N–H and O–H groups in total. The number of carbonyl (C=O) groups is 2. The number of ketones is 1. The Balaban J connectivity index is 1.10. The Kier molecular flexibility index (Phi) is 5.33. The molecule has 2 aliphatic heterocycles. The first-order valence-corrected chi connectivity index (χ1v) is 13.1. The molecule has 0 atom stereocenters. The molecule has 2 aromatic heterocycles. The fraction of sp³-hybridized carbons (Fsp3) is 0.345. The molecule has 1 spiro atoms. The monoisotopic (exact) mass is 525 g/mol. The fourth-order valence-corrected chi connectivity index (χ4v) is 5.79. The van der Waals surface area contributed by atoms with Crippen LogP contribution in [0.25, 0.3) is 22.2 Å². The van der Waals surface area contributed by atoms with Gasteiger partial charge in [0.25, 0.3) is 5.91 Å². The van der Waals surface area contributed by atoms with Gasteiger partial charge in [0, 0.05) is 59.9 Å². The van der Waals surface area contributed by atoms with Gasteiger partial charge in [0.2, 0.25) is 0 Å². The van der Waals surface area contributed by atoms with E-state index >= 15 is 0 Å². The highest BCUT2D eigenvalue weighted by molar-refractivity contribution is 6.02. The number of likely N-dealkylation sites (tertiary alicyclic amines) is 1. The number of hydrogen-bond acceptors (Lipinski definition) is 9. The van der Waals surface area contributed by atoms with Gasteiger partial charge in [-0.15, -0.1) is 0 Å². The van der Waals surface area contributed by atoms with Crippen LogP contribution in [-0.4, -0.2) is 57.5 Å². The first-order chi connectivity index (χ1) is 18.9. The van der Waals surface area contributed by atoms with Crippen LogP contribution in [0.1, 0.15) is 64.4 Å². The maximum atomic E-state index is 13.6. The third-order valence-electron chi connectivity index (χ3n) is 8.02. The van der Waals surface area contributed by atoms with E-state index in [1.54, 1.807) is 31.4 Å². The maximum Gasteiger partial charge on any atom is 0.254 e. The summed E-state index contributed by atoms with van der Waals surface area (Å²) in [6.07, 6.45) is 4.54. The van der Waals surface area contributed by atoms with Crippen LogP contribution >= 0.6 is 0 Å². The number of ether oxygens (including phenoxy) is 2. The summed E-state index contributed by atoms with van der Waals surface area (Å²) in [5, 5.41) is 16.8. The quantitative estimate of drug-likeness (QED) is 0.389. The number of amides is 1. The minimum atomic E-state index is -0.785. The van der Waals surface area contributed by atoms with Gasteiger partial charge >= 0.3 is 0 Å². The zero-order chi connectivity index (χ0) is 26.7. The summed E-state index contributed by atoms with van der Waals surface area (Å²) in [6.45, 7) is 0.940. The Labute approximate surface area is 223 Å². The smallest absolute Gasteiger partial charge is 0.254 e. The molecule has 0 unspecified atom stereocenters. The summed E-state index contributed by atoms with van der Waals surface area (Å²) < 4.78 is 16.6. The largest absolute Gasteiger partial charge is 0.528 e. The average Bonchev–Trinajstić information content (AvgIpc) is 3.71. The standard InChI is InChI=1S/C29H26N4O6/c1-37-24-14-18(13-20-19(24)6-9-30-25(20)16-2-3-16)27(35)33-10-7-29(8-11-33)15-22(34)21-12-17(4-5-23(21)38-29)26-31-28(36)39-32-26/h4-6,9,12-14,16H,2-3,7-8,10-11,15H2,1H3,(H,31,32,36)/p-1. The second-order valence-corrected chi connectivity index (χ2v) is 10.5. The highest BCUT2D eigenvalue weighted by Crippen LogP contribution is 2.44. The summed E-state index contributed by atoms with van der Waals surface area (Å²) in [4.78, 5) is 36.9. The van der Waals surface area contributed by atoms with E-state index in [-0.39, 0.29) is 23.9 Å². The second-order valence-electron chi connectivity index (χ2n) is 10.5. The molecule has 1 amide bonds. The topological polar surface area (TPSA) is 131 Å². The molecule has 4 aromatic rings. The Bertz CT molecular complexity index is 1630. The SMILES string of the molecule is COc1cc(C(=O)N2CCC3(CC2)CC(=O)c2cc(-c4noc([O-])n4)ccc2O3)cc2c(C3CC3)nccc12. The molecule has 198 valence electrons. The van der Waals surface area contributed by atoms with E-state index in [0.717, 1.165) is 29.3 Å². The molecule has 3 aliphatic rings. The molecule has 4 heterocycles. The van der Waals surface area contributed by atoms with Crippen molar-refractivity contribution < 1.29 is 28.7 Å². The van der Waals surface area contributed by atoms with Gasteiger partial charge in [-0.3, -0.25) is 14.6 Å². The van der Waals surface area contributed by atoms with Crippen LogP contribution in [0.15, 0.2) is 47.1 Å². The summed E-state index contributed by atoms with van der Waals surface area (Å²) in [5.74, 6) is 1.60. The predicted molar refractivity (Wildman–Crippen MR) is 137 cm³/mol. The Morgan fingerprint density at radius 1 is 1.13 bits per heavy atom.